The number of ether oxygens (including phenoxy) is 2. The lowest BCUT2D eigenvalue weighted by molar-refractivity contribution is -0.148. The fraction of sp³-hybridized carbons (Fsp3) is 0.286. The smallest absolute Gasteiger partial charge is 0.250 e. The molecule has 2 N–H and O–H groups in total. The number of nitrogens with two attached hydrogens (primary N) is 1. The standard InChI is InChI=1S/C35H34ClN3O5/c1-2-27-15-16-38(29(34(37)41)20-24-9-5-8-23-7-3-4-12-28(23)24)35(42)33(25-10-6-11-26(36)19-25)39(27)32(40)18-22-13-14-30-31(17-22)44-21-43-30/h3-14,17,19,27,29,33H,2,15-16,18,20-21H2,1H3,(H2,37,41)/t27?,29-,33+/m1/s1. The molecular weight excluding hydrogens is 578 g/mol. The van der Waals surface area contributed by atoms with Gasteiger partial charge in [0.15, 0.2) is 11.5 Å². The van der Waals surface area contributed by atoms with Gasteiger partial charge in [-0.05, 0) is 64.6 Å². The Morgan fingerprint density at radius 3 is 2.55 bits per heavy atom. The van der Waals surface area contributed by atoms with Crippen LogP contribution in [0.5, 0.6) is 11.5 Å². The second-order valence-electron chi connectivity index (χ2n) is 11.3. The van der Waals surface area contributed by atoms with Gasteiger partial charge in [-0.25, -0.2) is 0 Å². The number of hydrogen-bond donors (Lipinski definition) is 1. The van der Waals surface area contributed by atoms with Crippen molar-refractivity contribution in [3.63, 3.8) is 0 Å². The lowest BCUT2D eigenvalue weighted by Crippen LogP contribution is -2.52. The normalized spacial score (nSPS) is 18.7. The number of hydrogen-bond acceptors (Lipinski definition) is 5. The molecule has 2 aliphatic rings. The Hall–Kier alpha value is -4.56. The summed E-state index contributed by atoms with van der Waals surface area (Å²) in [5, 5.41) is 2.49. The fourth-order valence-electron chi connectivity index (χ4n) is 6.42. The maximum Gasteiger partial charge on any atom is 0.250 e. The summed E-state index contributed by atoms with van der Waals surface area (Å²) in [7, 11) is 0. The highest BCUT2D eigenvalue weighted by atomic mass is 35.5. The van der Waals surface area contributed by atoms with Crippen molar-refractivity contribution in [2.24, 2.45) is 5.73 Å². The van der Waals surface area contributed by atoms with E-state index in [-0.39, 0.29) is 44.0 Å². The van der Waals surface area contributed by atoms with Crippen LogP contribution in [0.2, 0.25) is 5.02 Å². The Bertz CT molecular complexity index is 1720. The van der Waals surface area contributed by atoms with Gasteiger partial charge in [-0.15, -0.1) is 0 Å². The molecule has 4 aromatic rings. The van der Waals surface area contributed by atoms with Crippen LogP contribution in [0.15, 0.2) is 84.9 Å². The van der Waals surface area contributed by atoms with Crippen molar-refractivity contribution >= 4 is 40.1 Å². The number of carbonyl (C=O) groups excluding carboxylic acids is 3. The highest BCUT2D eigenvalue weighted by molar-refractivity contribution is 6.30. The summed E-state index contributed by atoms with van der Waals surface area (Å²) in [4.78, 5) is 45.3. The van der Waals surface area contributed by atoms with Crippen molar-refractivity contribution in [1.29, 1.82) is 0 Å². The minimum absolute atomic E-state index is 0.0622. The zero-order chi connectivity index (χ0) is 30.8. The van der Waals surface area contributed by atoms with Crippen LogP contribution in [0.25, 0.3) is 10.8 Å². The summed E-state index contributed by atoms with van der Waals surface area (Å²) in [5.41, 5.74) is 8.29. The topological polar surface area (TPSA) is 102 Å². The molecular formula is C35H34ClN3O5. The van der Waals surface area contributed by atoms with Crippen LogP contribution in [0.1, 0.15) is 42.5 Å². The molecule has 0 spiro atoms. The lowest BCUT2D eigenvalue weighted by atomic mass is 9.96. The van der Waals surface area contributed by atoms with Crippen molar-refractivity contribution in [3.8, 4) is 11.5 Å². The zero-order valence-corrected chi connectivity index (χ0v) is 25.2. The molecule has 44 heavy (non-hydrogen) atoms. The number of amides is 3. The molecule has 0 bridgehead atoms. The van der Waals surface area contributed by atoms with E-state index >= 15 is 0 Å². The molecule has 1 fully saturated rings. The predicted octanol–water partition coefficient (Wildman–Crippen LogP) is 5.44. The number of halogens is 1. The summed E-state index contributed by atoms with van der Waals surface area (Å²) in [6.07, 6.45) is 1.43. The van der Waals surface area contributed by atoms with Gasteiger partial charge in [0.25, 0.3) is 5.91 Å². The van der Waals surface area contributed by atoms with E-state index in [1.165, 1.54) is 0 Å². The van der Waals surface area contributed by atoms with Crippen LogP contribution in [0, 0.1) is 0 Å². The average molecular weight is 612 g/mol. The van der Waals surface area contributed by atoms with E-state index in [2.05, 4.69) is 0 Å². The molecule has 3 amide bonds. The Labute approximate surface area is 261 Å². The Morgan fingerprint density at radius 2 is 1.75 bits per heavy atom. The first kappa shape index (κ1) is 29.5. The van der Waals surface area contributed by atoms with Crippen LogP contribution in [0.4, 0.5) is 0 Å². The Kier molecular flexibility index (Phi) is 8.44. The number of benzene rings is 4. The van der Waals surface area contributed by atoms with E-state index in [4.69, 9.17) is 26.8 Å². The summed E-state index contributed by atoms with van der Waals surface area (Å²) < 4.78 is 10.9. The predicted molar refractivity (Wildman–Crippen MR) is 168 cm³/mol. The van der Waals surface area contributed by atoms with Crippen LogP contribution >= 0.6 is 11.6 Å². The third kappa shape index (κ3) is 5.82. The van der Waals surface area contributed by atoms with Gasteiger partial charge in [0, 0.05) is 24.0 Å². The number of carbonyl (C=O) groups is 3. The van der Waals surface area contributed by atoms with Gasteiger partial charge in [0.1, 0.15) is 12.1 Å². The molecule has 226 valence electrons. The van der Waals surface area contributed by atoms with Gasteiger partial charge in [-0.1, -0.05) is 79.2 Å². The maximum absolute atomic E-state index is 14.7. The van der Waals surface area contributed by atoms with Gasteiger partial charge >= 0.3 is 0 Å². The Morgan fingerprint density at radius 1 is 0.977 bits per heavy atom. The van der Waals surface area contributed by atoms with Gasteiger partial charge in [0.2, 0.25) is 18.6 Å². The molecule has 3 atom stereocenters. The minimum Gasteiger partial charge on any atom is -0.454 e. The van der Waals surface area contributed by atoms with Crippen molar-refractivity contribution in [3.05, 3.63) is 107 Å². The first-order chi connectivity index (χ1) is 21.3. The van der Waals surface area contributed by atoms with E-state index in [9.17, 15) is 14.4 Å². The first-order valence-corrected chi connectivity index (χ1v) is 15.2. The van der Waals surface area contributed by atoms with Crippen molar-refractivity contribution in [2.75, 3.05) is 13.3 Å². The second kappa shape index (κ2) is 12.6. The van der Waals surface area contributed by atoms with E-state index in [1.807, 2.05) is 55.5 Å². The zero-order valence-electron chi connectivity index (χ0n) is 24.4. The Balaban J connectivity index is 1.38. The van der Waals surface area contributed by atoms with E-state index in [0.717, 1.165) is 21.9 Å². The molecule has 1 unspecified atom stereocenters. The molecule has 1 saturated heterocycles. The lowest BCUT2D eigenvalue weighted by Gasteiger charge is -2.36. The van der Waals surface area contributed by atoms with Gasteiger partial charge < -0.3 is 25.0 Å². The summed E-state index contributed by atoms with van der Waals surface area (Å²) in [6.45, 7) is 2.42. The molecule has 0 aromatic heterocycles. The fourth-order valence-corrected chi connectivity index (χ4v) is 6.62. The van der Waals surface area contributed by atoms with Gasteiger partial charge in [0.05, 0.1) is 6.42 Å². The third-order valence-electron chi connectivity index (χ3n) is 8.61. The molecule has 2 heterocycles. The number of rotatable bonds is 8. The summed E-state index contributed by atoms with van der Waals surface area (Å²) >= 11 is 6.42. The number of nitrogens with zero attached hydrogens (tertiary/aromatic N) is 2. The van der Waals surface area contributed by atoms with Crippen LogP contribution in [-0.4, -0.2) is 52.9 Å². The minimum atomic E-state index is -0.989. The molecule has 2 aliphatic heterocycles. The SMILES string of the molecule is CCC1CCN([C@H](Cc2cccc3ccccc23)C(N)=O)C(=O)[C@H](c2cccc(Cl)c2)N1C(=O)Cc1ccc2c(c1)OCO2. The van der Waals surface area contributed by atoms with Crippen LogP contribution in [-0.2, 0) is 27.2 Å². The molecule has 0 saturated carbocycles. The highest BCUT2D eigenvalue weighted by Gasteiger charge is 2.43. The van der Waals surface area contributed by atoms with E-state index in [0.29, 0.717) is 34.9 Å². The first-order valence-electron chi connectivity index (χ1n) is 14.9. The van der Waals surface area contributed by atoms with Crippen LogP contribution in [0.3, 0.4) is 0 Å². The molecule has 8 nitrogen and oxygen atoms in total. The highest BCUT2D eigenvalue weighted by Crippen LogP contribution is 2.36. The molecule has 6 rings (SSSR count). The van der Waals surface area contributed by atoms with Crippen molar-refractivity contribution < 1.29 is 23.9 Å². The monoisotopic (exact) mass is 611 g/mol. The molecule has 0 aliphatic carbocycles. The quantitative estimate of drug-likeness (QED) is 0.286. The largest absolute Gasteiger partial charge is 0.454 e. The van der Waals surface area contributed by atoms with E-state index < -0.39 is 18.0 Å². The second-order valence-corrected chi connectivity index (χ2v) is 11.7. The molecule has 4 aromatic carbocycles. The van der Waals surface area contributed by atoms with Crippen molar-refractivity contribution in [1.82, 2.24) is 9.80 Å². The number of primary amides is 1. The molecule has 0 radical (unpaired) electrons. The van der Waals surface area contributed by atoms with Crippen molar-refractivity contribution in [2.45, 2.75) is 50.7 Å². The average Bonchev–Trinajstić information content (AvgIpc) is 3.43. The van der Waals surface area contributed by atoms with Gasteiger partial charge in [-0.3, -0.25) is 14.4 Å². The summed E-state index contributed by atoms with van der Waals surface area (Å²) in [6, 6.07) is 24.1. The molecule has 9 heteroatoms. The van der Waals surface area contributed by atoms with E-state index in [1.54, 1.807) is 46.2 Å². The summed E-state index contributed by atoms with van der Waals surface area (Å²) in [5.74, 6) is 0.0643. The van der Waals surface area contributed by atoms with Gasteiger partial charge in [-0.2, -0.15) is 0 Å². The maximum atomic E-state index is 14.7. The third-order valence-corrected chi connectivity index (χ3v) is 8.84. The number of fused-ring (bicyclic) bond motifs is 2. The van der Waals surface area contributed by atoms with Crippen LogP contribution < -0.4 is 15.2 Å².